The van der Waals surface area contributed by atoms with Crippen molar-refractivity contribution in [2.45, 2.75) is 24.1 Å². The van der Waals surface area contributed by atoms with E-state index in [1.54, 1.807) is 32.2 Å². The van der Waals surface area contributed by atoms with Gasteiger partial charge in [0, 0.05) is 18.2 Å². The number of aryl methyl sites for hydroxylation is 1. The first-order valence-electron chi connectivity index (χ1n) is 8.83. The van der Waals surface area contributed by atoms with E-state index in [1.165, 1.54) is 11.8 Å². The van der Waals surface area contributed by atoms with Gasteiger partial charge in [-0.3, -0.25) is 9.32 Å². The number of nitrogens with one attached hydrogen (secondary N) is 2. The Hall–Kier alpha value is -3.20. The minimum absolute atomic E-state index is 0.272. The highest BCUT2D eigenvalue weighted by molar-refractivity contribution is 8.00. The van der Waals surface area contributed by atoms with Gasteiger partial charge in [-0.15, -0.1) is 0 Å². The smallest absolute Gasteiger partial charge is 0.442 e. The molecule has 0 spiro atoms. The summed E-state index contributed by atoms with van der Waals surface area (Å²) in [7, 11) is 3.06. The van der Waals surface area contributed by atoms with Crippen LogP contribution in [-0.2, 0) is 4.79 Å². The molecule has 0 aliphatic rings. The van der Waals surface area contributed by atoms with Crippen molar-refractivity contribution < 1.29 is 23.5 Å². The zero-order valence-corrected chi connectivity index (χ0v) is 17.3. The predicted molar refractivity (Wildman–Crippen MR) is 109 cm³/mol. The molecule has 1 unspecified atom stereocenters. The third-order valence-electron chi connectivity index (χ3n) is 4.22. The second-order valence-corrected chi connectivity index (χ2v) is 7.60. The van der Waals surface area contributed by atoms with Gasteiger partial charge in [0.25, 0.3) is 0 Å². The second kappa shape index (κ2) is 8.87. The molecule has 0 saturated heterocycles. The number of anilines is 1. The number of benzene rings is 2. The Kier molecular flexibility index (Phi) is 6.28. The van der Waals surface area contributed by atoms with Crippen LogP contribution in [0.25, 0.3) is 5.69 Å². The molecular weight excluding hydrogens is 394 g/mol. The topological polar surface area (TPSA) is 97.4 Å². The number of amides is 1. The fraction of sp³-hybridized carbons (Fsp3) is 0.250. The normalized spacial score (nSPS) is 11.7. The summed E-state index contributed by atoms with van der Waals surface area (Å²) in [5.74, 6) is 0.801. The number of ether oxygens (including phenoxy) is 2. The average molecular weight is 416 g/mol. The molecule has 152 valence electrons. The maximum absolute atomic E-state index is 12.7. The Balaban J connectivity index is 1.80. The van der Waals surface area contributed by atoms with Gasteiger partial charge in [-0.2, -0.15) is 0 Å². The number of aromatic nitrogens is 2. The highest BCUT2D eigenvalue weighted by Gasteiger charge is 2.29. The lowest BCUT2D eigenvalue weighted by Crippen LogP contribution is -2.37. The van der Waals surface area contributed by atoms with Crippen molar-refractivity contribution >= 4 is 23.4 Å². The van der Waals surface area contributed by atoms with Crippen molar-refractivity contribution in [3.8, 4) is 17.2 Å². The van der Waals surface area contributed by atoms with E-state index >= 15 is 0 Å². The number of carbonyl (C=O) groups is 1. The molecule has 8 nitrogen and oxygen atoms in total. The highest BCUT2D eigenvalue weighted by atomic mass is 32.2. The van der Waals surface area contributed by atoms with E-state index in [0.29, 0.717) is 17.2 Å². The molecule has 2 aromatic carbocycles. The van der Waals surface area contributed by atoms with Crippen LogP contribution in [0.3, 0.4) is 0 Å². The number of hydrogen-bond acceptors (Lipinski definition) is 6. The summed E-state index contributed by atoms with van der Waals surface area (Å²) in [6.45, 7) is 3.68. The summed E-state index contributed by atoms with van der Waals surface area (Å²) in [6, 6.07) is 12.7. The molecule has 3 aromatic rings. The van der Waals surface area contributed by atoms with Gasteiger partial charge in [0.2, 0.25) is 11.6 Å². The zero-order valence-electron chi connectivity index (χ0n) is 16.5. The summed E-state index contributed by atoms with van der Waals surface area (Å²) >= 11 is 1.09. The molecule has 0 fully saturated rings. The molecule has 2 N–H and O–H groups in total. The first-order chi connectivity index (χ1) is 13.9. The molecule has 0 saturated carbocycles. The molecule has 0 radical (unpaired) electrons. The lowest BCUT2D eigenvalue weighted by Gasteiger charge is -2.13. The van der Waals surface area contributed by atoms with Crippen molar-refractivity contribution in [3.05, 3.63) is 58.4 Å². The van der Waals surface area contributed by atoms with Gasteiger partial charge in [-0.25, -0.2) is 4.79 Å². The maximum atomic E-state index is 12.7. The van der Waals surface area contributed by atoms with Gasteiger partial charge in [-0.05, 0) is 47.7 Å². The number of rotatable bonds is 7. The van der Waals surface area contributed by atoms with Crippen molar-refractivity contribution in [2.75, 3.05) is 19.5 Å². The van der Waals surface area contributed by atoms with Gasteiger partial charge in [0.05, 0.1) is 25.2 Å². The van der Waals surface area contributed by atoms with Crippen molar-refractivity contribution in [2.24, 2.45) is 0 Å². The number of aromatic amines is 1. The fourth-order valence-electron chi connectivity index (χ4n) is 2.60. The summed E-state index contributed by atoms with van der Waals surface area (Å²) in [6.07, 6.45) is 0. The van der Waals surface area contributed by atoms with E-state index in [0.717, 1.165) is 23.0 Å². The minimum Gasteiger partial charge on any atom is -0.497 e. The molecule has 1 atom stereocenters. The zero-order chi connectivity index (χ0) is 21.0. The third kappa shape index (κ3) is 4.62. The van der Waals surface area contributed by atoms with E-state index in [4.69, 9.17) is 14.0 Å². The van der Waals surface area contributed by atoms with Gasteiger partial charge < -0.3 is 14.8 Å². The molecule has 1 amide bonds. The molecule has 9 heteroatoms. The predicted octanol–water partition coefficient (Wildman–Crippen LogP) is 2.69. The summed E-state index contributed by atoms with van der Waals surface area (Å²) < 4.78 is 16.9. The monoisotopic (exact) mass is 416 g/mol. The standard InChI is InChI=1S/C20H21N3O5S/c1-12-5-7-14(8-6-12)23-19(20(25)28-22-23)29-13(2)18(24)21-16-11-15(26-3)9-10-17(16)27-4/h5-11,13H,1-4H3,(H-,21,22,24,25)/p+1. The van der Waals surface area contributed by atoms with E-state index in [1.807, 2.05) is 31.2 Å². The Morgan fingerprint density at radius 3 is 2.55 bits per heavy atom. The molecule has 1 heterocycles. The number of thioether (sulfide) groups is 1. The van der Waals surface area contributed by atoms with Gasteiger partial charge in [0.1, 0.15) is 11.5 Å². The molecule has 3 rings (SSSR count). The molecule has 0 aliphatic heterocycles. The van der Waals surface area contributed by atoms with Crippen LogP contribution in [0.2, 0.25) is 0 Å². The Bertz CT molecular complexity index is 1060. The molecule has 0 aliphatic carbocycles. The van der Waals surface area contributed by atoms with Crippen LogP contribution in [0.4, 0.5) is 5.69 Å². The molecule has 0 bridgehead atoms. The van der Waals surface area contributed by atoms with Crippen LogP contribution in [-0.4, -0.2) is 30.6 Å². The maximum Gasteiger partial charge on any atom is 0.442 e. The third-order valence-corrected chi connectivity index (χ3v) is 5.36. The number of carbonyl (C=O) groups excluding carboxylic acids is 1. The van der Waals surface area contributed by atoms with Crippen LogP contribution in [0, 0.1) is 6.92 Å². The second-order valence-electron chi connectivity index (χ2n) is 6.27. The molecule has 1 aromatic heterocycles. The van der Waals surface area contributed by atoms with Crippen LogP contribution in [0.1, 0.15) is 12.5 Å². The highest BCUT2D eigenvalue weighted by Crippen LogP contribution is 2.30. The van der Waals surface area contributed by atoms with Gasteiger partial charge in [0.15, 0.2) is 0 Å². The summed E-state index contributed by atoms with van der Waals surface area (Å²) in [4.78, 5) is 24.9. The largest absolute Gasteiger partial charge is 0.497 e. The average Bonchev–Trinajstić information content (AvgIpc) is 3.08. The number of hydrogen-bond donors (Lipinski definition) is 2. The van der Waals surface area contributed by atoms with Crippen LogP contribution >= 0.6 is 11.8 Å². The van der Waals surface area contributed by atoms with Crippen LogP contribution in [0.15, 0.2) is 56.8 Å². The number of H-pyrrole nitrogens is 1. The van der Waals surface area contributed by atoms with E-state index in [9.17, 15) is 9.59 Å². The summed E-state index contributed by atoms with van der Waals surface area (Å²) in [5, 5.41) is 5.09. The minimum atomic E-state index is -0.582. The Labute approximate surface area is 171 Å². The van der Waals surface area contributed by atoms with Crippen LogP contribution in [0.5, 0.6) is 11.5 Å². The lowest BCUT2D eigenvalue weighted by atomic mass is 10.2. The van der Waals surface area contributed by atoms with Gasteiger partial charge in [-0.1, -0.05) is 17.7 Å². The van der Waals surface area contributed by atoms with Crippen LogP contribution < -0.4 is 25.1 Å². The van der Waals surface area contributed by atoms with E-state index in [-0.39, 0.29) is 10.9 Å². The number of nitrogens with zero attached hydrogens (tertiary/aromatic N) is 1. The fourth-order valence-corrected chi connectivity index (χ4v) is 3.48. The SMILES string of the molecule is COc1ccc(OC)c(NC(=O)C(C)Sc2c(=O)o[nH][n+]2-c2ccc(C)cc2)c1. The first-order valence-corrected chi connectivity index (χ1v) is 9.71. The first kappa shape index (κ1) is 20.5. The van der Waals surface area contributed by atoms with E-state index < -0.39 is 10.9 Å². The number of methoxy groups -OCH3 is 2. The molecular formula is C20H22N3O5S+. The lowest BCUT2D eigenvalue weighted by molar-refractivity contribution is -0.704. The summed E-state index contributed by atoms with van der Waals surface area (Å²) in [5.41, 5.74) is 1.76. The quantitative estimate of drug-likeness (QED) is 0.454. The Morgan fingerprint density at radius 1 is 1.17 bits per heavy atom. The van der Waals surface area contributed by atoms with Gasteiger partial charge >= 0.3 is 10.7 Å². The molecule has 29 heavy (non-hydrogen) atoms. The van der Waals surface area contributed by atoms with E-state index in [2.05, 4.69) is 10.6 Å². The van der Waals surface area contributed by atoms with Crippen molar-refractivity contribution in [1.82, 2.24) is 5.27 Å². The van der Waals surface area contributed by atoms with Crippen molar-refractivity contribution in [3.63, 3.8) is 0 Å². The van der Waals surface area contributed by atoms with Crippen molar-refractivity contribution in [1.29, 1.82) is 0 Å². The Morgan fingerprint density at radius 2 is 1.90 bits per heavy atom.